The summed E-state index contributed by atoms with van der Waals surface area (Å²) in [5, 5.41) is 12.1. The van der Waals surface area contributed by atoms with Gasteiger partial charge < -0.3 is 14.7 Å². The van der Waals surface area contributed by atoms with Gasteiger partial charge in [0.25, 0.3) is 5.91 Å². The van der Waals surface area contributed by atoms with Gasteiger partial charge in [0.15, 0.2) is 0 Å². The maximum atomic E-state index is 12.8. The largest absolute Gasteiger partial charge is 0.480 e. The van der Waals surface area contributed by atoms with Crippen LogP contribution in [-0.2, 0) is 9.53 Å². The summed E-state index contributed by atoms with van der Waals surface area (Å²) >= 11 is 0. The Morgan fingerprint density at radius 1 is 0.886 bits per heavy atom. The van der Waals surface area contributed by atoms with Crippen molar-refractivity contribution in [2.24, 2.45) is 0 Å². The number of hydrogen-bond donors (Lipinski definition) is 2. The normalized spacial score (nSPS) is 16.8. The second-order valence-electron chi connectivity index (χ2n) is 8.88. The van der Waals surface area contributed by atoms with Crippen molar-refractivity contribution in [1.82, 2.24) is 4.90 Å². The summed E-state index contributed by atoms with van der Waals surface area (Å²) in [6.45, 7) is 0.636. The monoisotopic (exact) mass is 470 g/mol. The van der Waals surface area contributed by atoms with Crippen LogP contribution in [0.15, 0.2) is 72.8 Å². The van der Waals surface area contributed by atoms with E-state index in [1.165, 1.54) is 4.90 Å². The van der Waals surface area contributed by atoms with Crippen molar-refractivity contribution in [2.75, 3.05) is 18.5 Å². The fourth-order valence-electron chi connectivity index (χ4n) is 5.05. The van der Waals surface area contributed by atoms with Gasteiger partial charge in [-0.05, 0) is 65.8 Å². The van der Waals surface area contributed by atoms with E-state index in [0.29, 0.717) is 24.2 Å². The number of fused-ring (bicyclic) bond motifs is 3. The van der Waals surface area contributed by atoms with Gasteiger partial charge in [-0.3, -0.25) is 10.1 Å². The lowest BCUT2D eigenvalue weighted by Gasteiger charge is -2.33. The Labute approximate surface area is 203 Å². The van der Waals surface area contributed by atoms with E-state index in [9.17, 15) is 19.5 Å². The molecule has 7 nitrogen and oxygen atoms in total. The number of nitrogens with one attached hydrogen (secondary N) is 1. The van der Waals surface area contributed by atoms with Crippen LogP contribution in [0.3, 0.4) is 0 Å². The van der Waals surface area contributed by atoms with Crippen molar-refractivity contribution in [1.29, 1.82) is 0 Å². The molecule has 178 valence electrons. The Morgan fingerprint density at radius 2 is 1.51 bits per heavy atom. The first-order chi connectivity index (χ1) is 17.0. The maximum Gasteiger partial charge on any atom is 0.411 e. The molecule has 3 aromatic rings. The Morgan fingerprint density at radius 3 is 2.14 bits per heavy atom. The lowest BCUT2D eigenvalue weighted by Crippen LogP contribution is -2.47. The van der Waals surface area contributed by atoms with E-state index in [2.05, 4.69) is 29.6 Å². The average Bonchev–Trinajstić information content (AvgIpc) is 3.21. The summed E-state index contributed by atoms with van der Waals surface area (Å²) < 4.78 is 5.57. The van der Waals surface area contributed by atoms with E-state index in [-0.39, 0.29) is 18.4 Å². The lowest BCUT2D eigenvalue weighted by molar-refractivity contribution is -0.143. The number of likely N-dealkylation sites (tertiary alicyclic amines) is 1. The average molecular weight is 471 g/mol. The van der Waals surface area contributed by atoms with Crippen LogP contribution >= 0.6 is 0 Å². The number of amides is 2. The molecule has 0 unspecified atom stereocenters. The molecule has 2 aliphatic rings. The van der Waals surface area contributed by atoms with Crippen molar-refractivity contribution in [3.8, 4) is 11.1 Å². The number of nitrogens with zero attached hydrogens (tertiary/aromatic N) is 1. The molecular weight excluding hydrogens is 444 g/mol. The van der Waals surface area contributed by atoms with E-state index in [1.807, 2.05) is 24.3 Å². The van der Waals surface area contributed by atoms with E-state index in [1.54, 1.807) is 24.3 Å². The summed E-state index contributed by atoms with van der Waals surface area (Å²) in [6, 6.07) is 21.9. The van der Waals surface area contributed by atoms with E-state index in [0.717, 1.165) is 35.1 Å². The number of aliphatic carboxylic acids is 1. The highest BCUT2D eigenvalue weighted by atomic mass is 16.5. The van der Waals surface area contributed by atoms with E-state index in [4.69, 9.17) is 4.74 Å². The van der Waals surface area contributed by atoms with E-state index >= 15 is 0 Å². The van der Waals surface area contributed by atoms with Crippen molar-refractivity contribution in [2.45, 2.75) is 31.2 Å². The van der Waals surface area contributed by atoms with Crippen LogP contribution in [0.1, 0.15) is 46.7 Å². The molecule has 1 saturated heterocycles. The predicted octanol–water partition coefficient (Wildman–Crippen LogP) is 5.13. The summed E-state index contributed by atoms with van der Waals surface area (Å²) in [5.74, 6) is -1.32. The number of carbonyl (C=O) groups is 3. The molecule has 0 spiro atoms. The van der Waals surface area contributed by atoms with Crippen molar-refractivity contribution in [3.05, 3.63) is 89.5 Å². The Bertz CT molecular complexity index is 1220. The van der Waals surface area contributed by atoms with Gasteiger partial charge in [0.05, 0.1) is 0 Å². The van der Waals surface area contributed by atoms with Gasteiger partial charge in [-0.2, -0.15) is 0 Å². The Kier molecular flexibility index (Phi) is 6.23. The molecule has 3 aromatic carbocycles. The SMILES string of the molecule is O=C(Nc1ccc(C(=O)N2CCCC[C@H]2C(=O)O)cc1)OCC1c2ccccc2-c2ccccc21. The molecule has 1 aliphatic carbocycles. The molecule has 0 aromatic heterocycles. The van der Waals surface area contributed by atoms with Crippen LogP contribution in [-0.4, -0.2) is 47.2 Å². The minimum absolute atomic E-state index is 0.0279. The van der Waals surface area contributed by atoms with Gasteiger partial charge in [-0.15, -0.1) is 0 Å². The first-order valence-electron chi connectivity index (χ1n) is 11.8. The van der Waals surface area contributed by atoms with Gasteiger partial charge in [0.2, 0.25) is 0 Å². The first kappa shape index (κ1) is 22.7. The molecule has 0 bridgehead atoms. The van der Waals surface area contributed by atoms with Gasteiger partial charge in [-0.25, -0.2) is 9.59 Å². The highest BCUT2D eigenvalue weighted by Crippen LogP contribution is 2.44. The molecule has 1 aliphatic heterocycles. The van der Waals surface area contributed by atoms with Gasteiger partial charge in [-0.1, -0.05) is 48.5 Å². The fourth-order valence-corrected chi connectivity index (χ4v) is 5.05. The summed E-state index contributed by atoms with van der Waals surface area (Å²) in [7, 11) is 0. The number of carbonyl (C=O) groups excluding carboxylic acids is 2. The van der Waals surface area contributed by atoms with Crippen LogP contribution in [0.4, 0.5) is 10.5 Å². The molecule has 1 atom stereocenters. The number of ether oxygens (including phenoxy) is 1. The molecule has 0 saturated carbocycles. The van der Waals surface area contributed by atoms with Crippen LogP contribution in [0.25, 0.3) is 11.1 Å². The second-order valence-corrected chi connectivity index (χ2v) is 8.88. The molecule has 7 heteroatoms. The number of piperidine rings is 1. The standard InChI is InChI=1S/C28H26N2O5/c31-26(30-16-6-5-11-25(30)27(32)33)18-12-14-19(15-13-18)29-28(34)35-17-24-22-9-3-1-7-20(22)21-8-2-4-10-23(21)24/h1-4,7-10,12-15,24-25H,5-6,11,16-17H2,(H,29,34)(H,32,33)/t25-/m0/s1. The highest BCUT2D eigenvalue weighted by molar-refractivity contribution is 5.97. The minimum Gasteiger partial charge on any atom is -0.480 e. The molecule has 0 radical (unpaired) electrons. The molecule has 2 N–H and O–H groups in total. The minimum atomic E-state index is -0.980. The van der Waals surface area contributed by atoms with Crippen molar-refractivity contribution in [3.63, 3.8) is 0 Å². The predicted molar refractivity (Wildman–Crippen MR) is 131 cm³/mol. The number of carboxylic acids is 1. The smallest absolute Gasteiger partial charge is 0.411 e. The van der Waals surface area contributed by atoms with Crippen molar-refractivity contribution < 1.29 is 24.2 Å². The fraction of sp³-hybridized carbons (Fsp3) is 0.250. The highest BCUT2D eigenvalue weighted by Gasteiger charge is 2.32. The van der Waals surface area contributed by atoms with Crippen LogP contribution in [0, 0.1) is 0 Å². The summed E-state index contributed by atoms with van der Waals surface area (Å²) in [4.78, 5) is 38.3. The first-order valence-corrected chi connectivity index (χ1v) is 11.8. The lowest BCUT2D eigenvalue weighted by atomic mass is 9.98. The second kappa shape index (κ2) is 9.62. The zero-order valence-corrected chi connectivity index (χ0v) is 19.1. The van der Waals surface area contributed by atoms with Crippen LogP contribution in [0.5, 0.6) is 0 Å². The topological polar surface area (TPSA) is 95.9 Å². The molecular formula is C28H26N2O5. The van der Waals surface area contributed by atoms with Gasteiger partial charge in [0, 0.05) is 23.7 Å². The van der Waals surface area contributed by atoms with Crippen molar-refractivity contribution >= 4 is 23.7 Å². The number of anilines is 1. The van der Waals surface area contributed by atoms with E-state index < -0.39 is 18.1 Å². The van der Waals surface area contributed by atoms with Gasteiger partial charge >= 0.3 is 12.1 Å². The maximum absolute atomic E-state index is 12.8. The third-order valence-electron chi connectivity index (χ3n) is 6.77. The quantitative estimate of drug-likeness (QED) is 0.539. The Balaban J connectivity index is 1.21. The number of rotatable bonds is 5. The number of carboxylic acid groups (broad SMARTS) is 1. The molecule has 1 heterocycles. The van der Waals surface area contributed by atoms with Gasteiger partial charge in [0.1, 0.15) is 12.6 Å². The third kappa shape index (κ3) is 4.49. The zero-order valence-electron chi connectivity index (χ0n) is 19.1. The molecule has 1 fully saturated rings. The molecule has 35 heavy (non-hydrogen) atoms. The van der Waals surface area contributed by atoms with Crippen LogP contribution in [0.2, 0.25) is 0 Å². The zero-order chi connectivity index (χ0) is 24.4. The van der Waals surface area contributed by atoms with Crippen LogP contribution < -0.4 is 5.32 Å². The molecule has 5 rings (SSSR count). The number of benzene rings is 3. The molecule has 2 amide bonds. The summed E-state index contributed by atoms with van der Waals surface area (Å²) in [5.41, 5.74) is 5.49. The Hall–Kier alpha value is -4.13. The third-order valence-corrected chi connectivity index (χ3v) is 6.77. The number of hydrogen-bond acceptors (Lipinski definition) is 4. The summed E-state index contributed by atoms with van der Waals surface area (Å²) in [6.07, 6.45) is 1.47.